The van der Waals surface area contributed by atoms with E-state index in [0.717, 1.165) is 18.5 Å². The van der Waals surface area contributed by atoms with E-state index >= 15 is 0 Å². The van der Waals surface area contributed by atoms with Crippen molar-refractivity contribution in [1.82, 2.24) is 10.6 Å². The van der Waals surface area contributed by atoms with Gasteiger partial charge in [-0.15, -0.1) is 0 Å². The molecule has 4 heteroatoms. The third-order valence-corrected chi connectivity index (χ3v) is 6.83. The normalized spacial score (nSPS) is 43.2. The monoisotopic (exact) mass is 305 g/mol. The van der Waals surface area contributed by atoms with Gasteiger partial charge in [0, 0.05) is 37.1 Å². The van der Waals surface area contributed by atoms with Crippen LogP contribution in [0.1, 0.15) is 58.3 Å². The molecule has 4 fully saturated rings. The summed E-state index contributed by atoms with van der Waals surface area (Å²) in [6, 6.07) is 1.18. The van der Waals surface area contributed by atoms with Gasteiger partial charge < -0.3 is 15.4 Å². The summed E-state index contributed by atoms with van der Waals surface area (Å²) in [5.74, 6) is 2.59. The van der Waals surface area contributed by atoms with Gasteiger partial charge in [-0.05, 0) is 38.0 Å². The molecular formula is C18H31N3O. The number of guanidine groups is 1. The Hall–Kier alpha value is -0.770. The Morgan fingerprint density at radius 1 is 1.14 bits per heavy atom. The maximum atomic E-state index is 6.02. The summed E-state index contributed by atoms with van der Waals surface area (Å²) < 4.78 is 6.02. The van der Waals surface area contributed by atoms with Crippen LogP contribution in [0.2, 0.25) is 0 Å². The molecule has 3 aliphatic carbocycles. The van der Waals surface area contributed by atoms with Crippen LogP contribution >= 0.6 is 0 Å². The van der Waals surface area contributed by atoms with Gasteiger partial charge in [-0.3, -0.25) is 4.99 Å². The molecule has 0 aromatic rings. The summed E-state index contributed by atoms with van der Waals surface area (Å²) in [5.41, 5.74) is 0.429. The van der Waals surface area contributed by atoms with Crippen molar-refractivity contribution in [3.63, 3.8) is 0 Å². The molecule has 0 aromatic heterocycles. The predicted octanol–water partition coefficient (Wildman–Crippen LogP) is 2.69. The summed E-state index contributed by atoms with van der Waals surface area (Å²) >= 11 is 0. The first-order chi connectivity index (χ1) is 10.7. The third-order valence-electron chi connectivity index (χ3n) is 6.83. The second kappa shape index (κ2) is 5.70. The molecule has 22 heavy (non-hydrogen) atoms. The van der Waals surface area contributed by atoms with E-state index < -0.39 is 0 Å². The molecule has 124 valence electrons. The Morgan fingerprint density at radius 2 is 2.00 bits per heavy atom. The fraction of sp³-hybridized carbons (Fsp3) is 0.944. The zero-order chi connectivity index (χ0) is 15.2. The molecule has 3 saturated carbocycles. The molecule has 0 aromatic carbocycles. The van der Waals surface area contributed by atoms with Gasteiger partial charge in [0.15, 0.2) is 5.96 Å². The lowest BCUT2D eigenvalue weighted by Crippen LogP contribution is -2.72. The highest BCUT2D eigenvalue weighted by Gasteiger charge is 2.66. The largest absolute Gasteiger partial charge is 0.377 e. The first kappa shape index (κ1) is 14.8. The van der Waals surface area contributed by atoms with Crippen LogP contribution < -0.4 is 10.6 Å². The highest BCUT2D eigenvalue weighted by Crippen LogP contribution is 2.62. The SMILES string of the molecule is CN=C(NC1CCCC(C)C1)NC1C2CCOC2C12CCC2. The molecule has 2 N–H and O–H groups in total. The van der Waals surface area contributed by atoms with Gasteiger partial charge in [-0.25, -0.2) is 0 Å². The van der Waals surface area contributed by atoms with Crippen LogP contribution in [0.3, 0.4) is 0 Å². The summed E-state index contributed by atoms with van der Waals surface area (Å²) in [7, 11) is 1.91. The molecule has 1 aliphatic heterocycles. The van der Waals surface area contributed by atoms with Crippen molar-refractivity contribution in [2.45, 2.75) is 76.5 Å². The van der Waals surface area contributed by atoms with Crippen LogP contribution in [0.15, 0.2) is 4.99 Å². The van der Waals surface area contributed by atoms with Crippen molar-refractivity contribution in [1.29, 1.82) is 0 Å². The number of ether oxygens (including phenoxy) is 1. The number of aliphatic imine (C=N–C) groups is 1. The van der Waals surface area contributed by atoms with Crippen LogP contribution in [-0.2, 0) is 4.74 Å². The zero-order valence-corrected chi connectivity index (χ0v) is 14.1. The van der Waals surface area contributed by atoms with Crippen molar-refractivity contribution >= 4 is 5.96 Å². The molecule has 0 amide bonds. The van der Waals surface area contributed by atoms with Crippen molar-refractivity contribution in [3.8, 4) is 0 Å². The third kappa shape index (κ3) is 2.26. The molecule has 1 heterocycles. The molecule has 0 bridgehead atoms. The van der Waals surface area contributed by atoms with E-state index in [1.807, 2.05) is 7.05 Å². The molecule has 1 saturated heterocycles. The Bertz CT molecular complexity index is 446. The Balaban J connectivity index is 1.38. The van der Waals surface area contributed by atoms with Crippen molar-refractivity contribution in [2.75, 3.05) is 13.7 Å². The highest BCUT2D eigenvalue weighted by molar-refractivity contribution is 5.80. The predicted molar refractivity (Wildman–Crippen MR) is 89.0 cm³/mol. The number of hydrogen-bond acceptors (Lipinski definition) is 2. The Labute approximate surface area is 134 Å². The maximum absolute atomic E-state index is 6.02. The minimum Gasteiger partial charge on any atom is -0.377 e. The van der Waals surface area contributed by atoms with E-state index in [1.165, 1.54) is 51.4 Å². The van der Waals surface area contributed by atoms with Crippen molar-refractivity contribution in [3.05, 3.63) is 0 Å². The first-order valence-corrected chi connectivity index (χ1v) is 9.34. The maximum Gasteiger partial charge on any atom is 0.191 e. The molecular weight excluding hydrogens is 274 g/mol. The van der Waals surface area contributed by atoms with E-state index in [2.05, 4.69) is 22.5 Å². The molecule has 4 rings (SSSR count). The average Bonchev–Trinajstić information content (AvgIpc) is 2.87. The smallest absolute Gasteiger partial charge is 0.191 e. The van der Waals surface area contributed by atoms with Crippen LogP contribution in [0.4, 0.5) is 0 Å². The molecule has 0 radical (unpaired) electrons. The highest BCUT2D eigenvalue weighted by atomic mass is 16.5. The minimum absolute atomic E-state index is 0.429. The number of fused-ring (bicyclic) bond motifs is 2. The second-order valence-electron chi connectivity index (χ2n) is 8.14. The fourth-order valence-electron chi connectivity index (χ4n) is 5.53. The van der Waals surface area contributed by atoms with Gasteiger partial charge in [0.25, 0.3) is 0 Å². The standard InChI is InChI=1S/C18H31N3O/c1-12-5-3-6-13(11-12)20-17(19-2)21-15-14-7-10-22-16(14)18(15)8-4-9-18/h12-16H,3-11H2,1-2H3,(H2,19,20,21). The molecule has 5 atom stereocenters. The molecule has 5 unspecified atom stereocenters. The summed E-state index contributed by atoms with van der Waals surface area (Å²) in [4.78, 5) is 4.52. The zero-order valence-electron chi connectivity index (χ0n) is 14.1. The summed E-state index contributed by atoms with van der Waals surface area (Å²) in [5, 5.41) is 7.49. The van der Waals surface area contributed by atoms with E-state index in [0.29, 0.717) is 29.5 Å². The van der Waals surface area contributed by atoms with Gasteiger partial charge in [-0.1, -0.05) is 26.2 Å². The molecule has 4 aliphatic rings. The number of nitrogens with zero attached hydrogens (tertiary/aromatic N) is 1. The topological polar surface area (TPSA) is 45.7 Å². The lowest BCUT2D eigenvalue weighted by atomic mass is 9.46. The van der Waals surface area contributed by atoms with Gasteiger partial charge >= 0.3 is 0 Å². The fourth-order valence-corrected chi connectivity index (χ4v) is 5.53. The van der Waals surface area contributed by atoms with E-state index in [1.54, 1.807) is 0 Å². The lowest BCUT2D eigenvalue weighted by Gasteiger charge is -2.63. The van der Waals surface area contributed by atoms with Gasteiger partial charge in [-0.2, -0.15) is 0 Å². The second-order valence-corrected chi connectivity index (χ2v) is 8.14. The first-order valence-electron chi connectivity index (χ1n) is 9.34. The van der Waals surface area contributed by atoms with Crippen molar-refractivity contribution < 1.29 is 4.74 Å². The Kier molecular flexibility index (Phi) is 3.83. The molecule has 1 spiro atoms. The van der Waals surface area contributed by atoms with Crippen LogP contribution in [0, 0.1) is 17.3 Å². The van der Waals surface area contributed by atoms with Crippen LogP contribution in [0.25, 0.3) is 0 Å². The van der Waals surface area contributed by atoms with Crippen molar-refractivity contribution in [2.24, 2.45) is 22.2 Å². The quantitative estimate of drug-likeness (QED) is 0.609. The lowest BCUT2D eigenvalue weighted by molar-refractivity contribution is -0.171. The van der Waals surface area contributed by atoms with E-state index in [-0.39, 0.29) is 0 Å². The average molecular weight is 305 g/mol. The van der Waals surface area contributed by atoms with Gasteiger partial charge in [0.05, 0.1) is 6.10 Å². The Morgan fingerprint density at radius 3 is 2.68 bits per heavy atom. The number of hydrogen-bond donors (Lipinski definition) is 2. The van der Waals surface area contributed by atoms with Crippen LogP contribution in [-0.4, -0.2) is 37.8 Å². The molecule has 4 nitrogen and oxygen atoms in total. The van der Waals surface area contributed by atoms with Crippen LogP contribution in [0.5, 0.6) is 0 Å². The van der Waals surface area contributed by atoms with E-state index in [9.17, 15) is 0 Å². The number of nitrogens with one attached hydrogen (secondary N) is 2. The van der Waals surface area contributed by atoms with Gasteiger partial charge in [0.1, 0.15) is 0 Å². The minimum atomic E-state index is 0.429. The van der Waals surface area contributed by atoms with Gasteiger partial charge in [0.2, 0.25) is 0 Å². The summed E-state index contributed by atoms with van der Waals surface area (Å²) in [6.07, 6.45) is 11.1. The number of rotatable bonds is 2. The summed E-state index contributed by atoms with van der Waals surface area (Å²) in [6.45, 7) is 3.33. The van der Waals surface area contributed by atoms with E-state index in [4.69, 9.17) is 4.74 Å².